The summed E-state index contributed by atoms with van der Waals surface area (Å²) in [4.78, 5) is 17.0. The van der Waals surface area contributed by atoms with Crippen LogP contribution in [-0.2, 0) is 6.42 Å². The number of H-pyrrole nitrogens is 1. The van der Waals surface area contributed by atoms with Gasteiger partial charge in [0.2, 0.25) is 0 Å². The van der Waals surface area contributed by atoms with E-state index in [9.17, 15) is 13.6 Å². The van der Waals surface area contributed by atoms with Crippen LogP contribution in [0.25, 0.3) is 0 Å². The van der Waals surface area contributed by atoms with Gasteiger partial charge in [-0.15, -0.1) is 0 Å². The molecule has 0 spiro atoms. The van der Waals surface area contributed by atoms with Crippen LogP contribution in [0.4, 0.5) is 8.78 Å². The largest absolute Gasteiger partial charge is 0.327 e. The van der Waals surface area contributed by atoms with Crippen molar-refractivity contribution < 1.29 is 8.78 Å². The first-order valence-electron chi connectivity index (χ1n) is 4.66. The Balaban J connectivity index is 2.94. The number of aromatic nitrogens is 2. The van der Waals surface area contributed by atoms with Crippen LogP contribution < -0.4 is 11.3 Å². The van der Waals surface area contributed by atoms with Crippen molar-refractivity contribution in [3.63, 3.8) is 0 Å². The summed E-state index contributed by atoms with van der Waals surface area (Å²) in [5.74, 6) is 0.215. The van der Waals surface area contributed by atoms with Crippen molar-refractivity contribution in [3.8, 4) is 0 Å². The Kier molecular flexibility index (Phi) is 3.90. The SMILES string of the molecule is CCC(N)Cc1nc(C(F)F)cc(=O)[nH]1. The molecule has 84 valence electrons. The number of nitrogens with zero attached hydrogens (tertiary/aromatic N) is 1. The monoisotopic (exact) mass is 217 g/mol. The van der Waals surface area contributed by atoms with Crippen molar-refractivity contribution in [2.45, 2.75) is 32.2 Å². The molecule has 4 nitrogen and oxygen atoms in total. The second-order valence-corrected chi connectivity index (χ2v) is 3.29. The van der Waals surface area contributed by atoms with Crippen LogP contribution in [0.15, 0.2) is 10.9 Å². The number of nitrogens with one attached hydrogen (secondary N) is 1. The zero-order chi connectivity index (χ0) is 11.4. The van der Waals surface area contributed by atoms with Gasteiger partial charge in [0.15, 0.2) is 0 Å². The van der Waals surface area contributed by atoms with E-state index in [2.05, 4.69) is 9.97 Å². The van der Waals surface area contributed by atoms with Crippen molar-refractivity contribution in [2.75, 3.05) is 0 Å². The fourth-order valence-electron chi connectivity index (χ4n) is 1.13. The van der Waals surface area contributed by atoms with Gasteiger partial charge in [-0.25, -0.2) is 13.8 Å². The summed E-state index contributed by atoms with van der Waals surface area (Å²) in [6.07, 6.45) is -1.74. The Labute approximate surface area is 85.5 Å². The molecule has 0 aliphatic heterocycles. The standard InChI is InChI=1S/C9H13F2N3O/c1-2-5(12)3-7-13-6(9(10)11)4-8(15)14-7/h4-5,9H,2-3,12H2,1H3,(H,13,14,15). The predicted octanol–water partition coefficient (Wildman–Crippen LogP) is 0.987. The topological polar surface area (TPSA) is 71.8 Å². The van der Waals surface area contributed by atoms with Crippen LogP contribution in [0.5, 0.6) is 0 Å². The lowest BCUT2D eigenvalue weighted by Gasteiger charge is -2.08. The molecule has 0 aliphatic rings. The summed E-state index contributed by atoms with van der Waals surface area (Å²) >= 11 is 0. The van der Waals surface area contributed by atoms with Gasteiger partial charge in [0.05, 0.1) is 0 Å². The minimum atomic E-state index is -2.73. The van der Waals surface area contributed by atoms with Gasteiger partial charge in [-0.2, -0.15) is 0 Å². The Morgan fingerprint density at radius 1 is 1.60 bits per heavy atom. The molecule has 1 unspecified atom stereocenters. The van der Waals surface area contributed by atoms with Gasteiger partial charge in [-0.05, 0) is 6.42 Å². The van der Waals surface area contributed by atoms with Crippen LogP contribution in [-0.4, -0.2) is 16.0 Å². The smallest absolute Gasteiger partial charge is 0.280 e. The van der Waals surface area contributed by atoms with Gasteiger partial charge in [0, 0.05) is 18.5 Å². The third kappa shape index (κ3) is 3.39. The Morgan fingerprint density at radius 3 is 2.80 bits per heavy atom. The highest BCUT2D eigenvalue weighted by Crippen LogP contribution is 2.14. The van der Waals surface area contributed by atoms with E-state index in [1.165, 1.54) is 0 Å². The molecule has 15 heavy (non-hydrogen) atoms. The average molecular weight is 217 g/mol. The van der Waals surface area contributed by atoms with Crippen LogP contribution in [0, 0.1) is 0 Å². The first kappa shape index (κ1) is 11.8. The summed E-state index contributed by atoms with van der Waals surface area (Å²) in [6, 6.07) is 0.618. The molecule has 0 saturated heterocycles. The molecular weight excluding hydrogens is 204 g/mol. The lowest BCUT2D eigenvalue weighted by atomic mass is 10.1. The number of alkyl halides is 2. The van der Waals surface area contributed by atoms with Gasteiger partial charge >= 0.3 is 0 Å². The van der Waals surface area contributed by atoms with Gasteiger partial charge < -0.3 is 10.7 Å². The minimum Gasteiger partial charge on any atom is -0.327 e. The molecule has 0 amide bonds. The minimum absolute atomic E-state index is 0.180. The van der Waals surface area contributed by atoms with E-state index in [1.807, 2.05) is 6.92 Å². The molecule has 1 rings (SSSR count). The lowest BCUT2D eigenvalue weighted by Crippen LogP contribution is -2.25. The number of rotatable bonds is 4. The van der Waals surface area contributed by atoms with Crippen molar-refractivity contribution >= 4 is 0 Å². The van der Waals surface area contributed by atoms with E-state index in [1.54, 1.807) is 0 Å². The summed E-state index contributed by atoms with van der Waals surface area (Å²) in [7, 11) is 0. The molecule has 1 heterocycles. The van der Waals surface area contributed by atoms with E-state index in [4.69, 9.17) is 5.73 Å². The first-order valence-corrected chi connectivity index (χ1v) is 4.66. The molecule has 1 aromatic heterocycles. The van der Waals surface area contributed by atoms with Crippen LogP contribution in [0.2, 0.25) is 0 Å². The fraction of sp³-hybridized carbons (Fsp3) is 0.556. The average Bonchev–Trinajstić information content (AvgIpc) is 2.16. The van der Waals surface area contributed by atoms with Crippen molar-refractivity contribution in [1.82, 2.24) is 9.97 Å². The predicted molar refractivity (Wildman–Crippen MR) is 51.8 cm³/mol. The Morgan fingerprint density at radius 2 is 2.27 bits per heavy atom. The highest BCUT2D eigenvalue weighted by Gasteiger charge is 2.12. The van der Waals surface area contributed by atoms with E-state index >= 15 is 0 Å². The Hall–Kier alpha value is -1.30. The maximum absolute atomic E-state index is 12.3. The number of hydrogen-bond donors (Lipinski definition) is 2. The molecule has 1 aromatic rings. The van der Waals surface area contributed by atoms with E-state index < -0.39 is 17.7 Å². The van der Waals surface area contributed by atoms with Crippen LogP contribution >= 0.6 is 0 Å². The summed E-state index contributed by atoms with van der Waals surface area (Å²) in [5.41, 5.74) is 4.56. The van der Waals surface area contributed by atoms with Crippen molar-refractivity contribution in [2.24, 2.45) is 5.73 Å². The molecule has 0 aliphatic carbocycles. The van der Waals surface area contributed by atoms with E-state index in [-0.39, 0.29) is 11.9 Å². The number of aromatic amines is 1. The van der Waals surface area contributed by atoms with Gasteiger partial charge in [-0.1, -0.05) is 6.92 Å². The summed E-state index contributed by atoms with van der Waals surface area (Å²) < 4.78 is 24.6. The normalized spacial score (nSPS) is 13.1. The van der Waals surface area contributed by atoms with Gasteiger partial charge in [0.1, 0.15) is 11.5 Å². The zero-order valence-corrected chi connectivity index (χ0v) is 8.34. The molecule has 0 aromatic carbocycles. The molecule has 0 bridgehead atoms. The van der Waals surface area contributed by atoms with E-state index in [0.717, 1.165) is 6.07 Å². The fourth-order valence-corrected chi connectivity index (χ4v) is 1.13. The second kappa shape index (κ2) is 4.97. The molecule has 3 N–H and O–H groups in total. The second-order valence-electron chi connectivity index (χ2n) is 3.29. The van der Waals surface area contributed by atoms with Crippen LogP contribution in [0.1, 0.15) is 31.3 Å². The quantitative estimate of drug-likeness (QED) is 0.789. The lowest BCUT2D eigenvalue weighted by molar-refractivity contribution is 0.145. The zero-order valence-electron chi connectivity index (χ0n) is 8.34. The summed E-state index contributed by atoms with van der Waals surface area (Å²) in [6.45, 7) is 1.87. The third-order valence-electron chi connectivity index (χ3n) is 2.01. The van der Waals surface area contributed by atoms with Gasteiger partial charge in [-0.3, -0.25) is 4.79 Å². The number of hydrogen-bond acceptors (Lipinski definition) is 3. The maximum Gasteiger partial charge on any atom is 0.280 e. The molecule has 0 saturated carbocycles. The highest BCUT2D eigenvalue weighted by atomic mass is 19.3. The van der Waals surface area contributed by atoms with Crippen LogP contribution in [0.3, 0.4) is 0 Å². The summed E-state index contributed by atoms with van der Waals surface area (Å²) in [5, 5.41) is 0. The van der Waals surface area contributed by atoms with Crippen molar-refractivity contribution in [1.29, 1.82) is 0 Å². The van der Waals surface area contributed by atoms with Gasteiger partial charge in [0.25, 0.3) is 12.0 Å². The number of nitrogens with two attached hydrogens (primary N) is 1. The Bertz CT molecular complexity index is 378. The molecule has 0 radical (unpaired) electrons. The molecular formula is C9H13F2N3O. The van der Waals surface area contributed by atoms with E-state index in [0.29, 0.717) is 12.8 Å². The maximum atomic E-state index is 12.3. The third-order valence-corrected chi connectivity index (χ3v) is 2.01. The van der Waals surface area contributed by atoms with Crippen molar-refractivity contribution in [3.05, 3.63) is 27.9 Å². The number of halogens is 2. The molecule has 1 atom stereocenters. The first-order chi connectivity index (χ1) is 7.02. The highest BCUT2D eigenvalue weighted by molar-refractivity contribution is 5.04. The molecule has 0 fully saturated rings. The molecule has 6 heteroatoms.